The molecule has 27 heavy (non-hydrogen) atoms. The number of ether oxygens (including phenoxy) is 1. The zero-order valence-electron chi connectivity index (χ0n) is 14.4. The Bertz CT molecular complexity index is 1100. The first-order valence-electron chi connectivity index (χ1n) is 8.52. The van der Waals surface area contributed by atoms with Gasteiger partial charge in [0.25, 0.3) is 0 Å². The lowest BCUT2D eigenvalue weighted by Crippen LogP contribution is -2.17. The van der Waals surface area contributed by atoms with Gasteiger partial charge in [0.05, 0.1) is 10.2 Å². The number of anilines is 1. The number of carbonyl (C=O) groups excluding carboxylic acids is 1. The van der Waals surface area contributed by atoms with Crippen LogP contribution in [0, 0.1) is 0 Å². The van der Waals surface area contributed by atoms with Crippen LogP contribution in [0.15, 0.2) is 95.5 Å². The number of rotatable bonds is 3. The number of fused-ring (bicyclic) bond motifs is 1. The van der Waals surface area contributed by atoms with Crippen LogP contribution in [0.25, 0.3) is 21.9 Å². The maximum Gasteiger partial charge on any atom is 0.417 e. The van der Waals surface area contributed by atoms with Gasteiger partial charge in [-0.2, -0.15) is 0 Å². The molecule has 0 radical (unpaired) electrons. The van der Waals surface area contributed by atoms with Crippen LogP contribution in [0.3, 0.4) is 0 Å². The molecule has 0 spiro atoms. The Morgan fingerprint density at radius 3 is 2.33 bits per heavy atom. The van der Waals surface area contributed by atoms with E-state index in [1.807, 2.05) is 84.9 Å². The van der Waals surface area contributed by atoms with Crippen LogP contribution in [0.1, 0.15) is 0 Å². The number of benzene rings is 4. The molecule has 0 aliphatic heterocycles. The van der Waals surface area contributed by atoms with Gasteiger partial charge >= 0.3 is 6.09 Å². The van der Waals surface area contributed by atoms with Crippen LogP contribution < -0.4 is 10.1 Å². The predicted molar refractivity (Wildman–Crippen MR) is 113 cm³/mol. The Balaban J connectivity index is 1.53. The van der Waals surface area contributed by atoms with Gasteiger partial charge in [0, 0.05) is 5.39 Å². The monoisotopic (exact) mass is 417 g/mol. The Morgan fingerprint density at radius 1 is 0.778 bits per heavy atom. The van der Waals surface area contributed by atoms with Crippen molar-refractivity contribution in [3.63, 3.8) is 0 Å². The van der Waals surface area contributed by atoms with Crippen molar-refractivity contribution in [1.82, 2.24) is 0 Å². The second-order valence-corrected chi connectivity index (χ2v) is 6.91. The topological polar surface area (TPSA) is 38.3 Å². The Morgan fingerprint density at radius 2 is 1.52 bits per heavy atom. The van der Waals surface area contributed by atoms with Gasteiger partial charge in [-0.05, 0) is 50.6 Å². The van der Waals surface area contributed by atoms with Crippen LogP contribution in [0.4, 0.5) is 10.5 Å². The quantitative estimate of drug-likeness (QED) is 0.394. The van der Waals surface area contributed by atoms with Gasteiger partial charge in [0.1, 0.15) is 5.75 Å². The molecule has 4 rings (SSSR count). The van der Waals surface area contributed by atoms with E-state index in [0.29, 0.717) is 5.75 Å². The summed E-state index contributed by atoms with van der Waals surface area (Å²) in [5.41, 5.74) is 2.87. The summed E-state index contributed by atoms with van der Waals surface area (Å²) in [6, 6.07) is 29.3. The molecule has 0 saturated heterocycles. The Hall–Kier alpha value is -3.11. The highest BCUT2D eigenvalue weighted by Crippen LogP contribution is 2.31. The fourth-order valence-electron chi connectivity index (χ4n) is 2.96. The first-order valence-corrected chi connectivity index (χ1v) is 9.31. The fraction of sp³-hybridized carbons (Fsp3) is 0. The second kappa shape index (κ2) is 7.64. The first-order chi connectivity index (χ1) is 13.2. The molecule has 0 aromatic heterocycles. The van der Waals surface area contributed by atoms with Crippen molar-refractivity contribution in [2.24, 2.45) is 0 Å². The van der Waals surface area contributed by atoms with Gasteiger partial charge in [-0.3, -0.25) is 5.32 Å². The molecule has 0 unspecified atom stereocenters. The number of carbonyl (C=O) groups is 1. The van der Waals surface area contributed by atoms with Crippen molar-refractivity contribution in [2.75, 3.05) is 5.32 Å². The van der Waals surface area contributed by atoms with E-state index in [4.69, 9.17) is 4.74 Å². The van der Waals surface area contributed by atoms with Gasteiger partial charge in [-0.15, -0.1) is 0 Å². The van der Waals surface area contributed by atoms with Crippen LogP contribution in [-0.2, 0) is 0 Å². The lowest BCUT2D eigenvalue weighted by Gasteiger charge is -2.11. The summed E-state index contributed by atoms with van der Waals surface area (Å²) in [5.74, 6) is 0.465. The van der Waals surface area contributed by atoms with Crippen LogP contribution in [0.2, 0.25) is 0 Å². The molecule has 0 aliphatic rings. The molecule has 0 atom stereocenters. The van der Waals surface area contributed by atoms with Gasteiger partial charge in [-0.25, -0.2) is 4.79 Å². The average Bonchev–Trinajstić information content (AvgIpc) is 2.70. The van der Waals surface area contributed by atoms with E-state index in [0.717, 1.165) is 32.1 Å². The normalized spacial score (nSPS) is 10.6. The Labute approximate surface area is 165 Å². The maximum absolute atomic E-state index is 12.4. The molecular formula is C23H16BrNO2. The Kier molecular flexibility index (Phi) is 4.90. The van der Waals surface area contributed by atoms with Crippen LogP contribution in [-0.4, -0.2) is 6.09 Å². The molecule has 1 amide bonds. The van der Waals surface area contributed by atoms with Crippen molar-refractivity contribution >= 4 is 38.5 Å². The minimum atomic E-state index is -0.528. The van der Waals surface area contributed by atoms with Crippen molar-refractivity contribution in [3.05, 3.63) is 95.5 Å². The predicted octanol–water partition coefficient (Wildman–Crippen LogP) is 6.88. The van der Waals surface area contributed by atoms with Gasteiger partial charge in [0.15, 0.2) is 0 Å². The average molecular weight is 418 g/mol. The van der Waals surface area contributed by atoms with E-state index in [9.17, 15) is 4.79 Å². The summed E-state index contributed by atoms with van der Waals surface area (Å²) in [5, 5.41) is 4.85. The molecule has 3 nitrogen and oxygen atoms in total. The molecular weight excluding hydrogens is 402 g/mol. The van der Waals surface area contributed by atoms with E-state index in [-0.39, 0.29) is 0 Å². The first kappa shape index (κ1) is 17.3. The third kappa shape index (κ3) is 3.86. The number of amides is 1. The van der Waals surface area contributed by atoms with Gasteiger partial charge in [0.2, 0.25) is 0 Å². The number of hydrogen-bond donors (Lipinski definition) is 1. The number of nitrogens with one attached hydrogen (secondary N) is 1. The second-order valence-electron chi connectivity index (χ2n) is 6.05. The van der Waals surface area contributed by atoms with Crippen molar-refractivity contribution in [2.45, 2.75) is 0 Å². The minimum Gasteiger partial charge on any atom is -0.409 e. The van der Waals surface area contributed by atoms with Gasteiger partial charge < -0.3 is 4.74 Å². The molecule has 4 aromatic carbocycles. The highest BCUT2D eigenvalue weighted by molar-refractivity contribution is 9.10. The summed E-state index contributed by atoms with van der Waals surface area (Å²) in [6.07, 6.45) is -0.528. The SMILES string of the molecule is O=C(Nc1cccc2ccccc12)Oc1ccc(-c2ccccc2)cc1Br. The molecule has 132 valence electrons. The molecule has 0 saturated carbocycles. The summed E-state index contributed by atoms with van der Waals surface area (Å²) >= 11 is 3.49. The van der Waals surface area contributed by atoms with E-state index >= 15 is 0 Å². The smallest absolute Gasteiger partial charge is 0.409 e. The zero-order chi connectivity index (χ0) is 18.6. The molecule has 4 heteroatoms. The van der Waals surface area contributed by atoms with Crippen molar-refractivity contribution < 1.29 is 9.53 Å². The van der Waals surface area contributed by atoms with Crippen LogP contribution >= 0.6 is 15.9 Å². The number of halogens is 1. The molecule has 1 N–H and O–H groups in total. The molecule has 0 fully saturated rings. The van der Waals surface area contributed by atoms with E-state index in [2.05, 4.69) is 21.2 Å². The highest BCUT2D eigenvalue weighted by Gasteiger charge is 2.11. The summed E-state index contributed by atoms with van der Waals surface area (Å²) in [6.45, 7) is 0. The molecule has 4 aromatic rings. The van der Waals surface area contributed by atoms with Gasteiger partial charge in [-0.1, -0.05) is 72.8 Å². The largest absolute Gasteiger partial charge is 0.417 e. The number of hydrogen-bond acceptors (Lipinski definition) is 2. The lowest BCUT2D eigenvalue weighted by molar-refractivity contribution is 0.215. The standard InChI is InChI=1S/C23H16BrNO2/c24-20-15-18(16-7-2-1-3-8-16)13-14-22(20)27-23(26)25-21-12-6-10-17-9-4-5-11-19(17)21/h1-15H,(H,25,26). The summed E-state index contributed by atoms with van der Waals surface area (Å²) in [4.78, 5) is 12.4. The fourth-order valence-corrected chi connectivity index (χ4v) is 3.42. The third-order valence-electron chi connectivity index (χ3n) is 4.27. The molecule has 0 bridgehead atoms. The molecule has 0 heterocycles. The summed E-state index contributed by atoms with van der Waals surface area (Å²) < 4.78 is 6.21. The zero-order valence-corrected chi connectivity index (χ0v) is 15.9. The lowest BCUT2D eigenvalue weighted by atomic mass is 10.1. The van der Waals surface area contributed by atoms with E-state index < -0.39 is 6.09 Å². The van der Waals surface area contributed by atoms with E-state index in [1.54, 1.807) is 6.07 Å². The molecule has 0 aliphatic carbocycles. The third-order valence-corrected chi connectivity index (χ3v) is 4.89. The maximum atomic E-state index is 12.4. The highest BCUT2D eigenvalue weighted by atomic mass is 79.9. The minimum absolute atomic E-state index is 0.465. The van der Waals surface area contributed by atoms with Crippen molar-refractivity contribution in [3.8, 4) is 16.9 Å². The van der Waals surface area contributed by atoms with E-state index in [1.165, 1.54) is 0 Å². The van der Waals surface area contributed by atoms with Crippen LogP contribution in [0.5, 0.6) is 5.75 Å². The summed E-state index contributed by atoms with van der Waals surface area (Å²) in [7, 11) is 0. The van der Waals surface area contributed by atoms with Crippen molar-refractivity contribution in [1.29, 1.82) is 0 Å².